The van der Waals surface area contributed by atoms with Crippen LogP contribution in [-0.4, -0.2) is 21.7 Å². The third-order valence-electron chi connectivity index (χ3n) is 4.71. The molecule has 1 aromatic heterocycles. The summed E-state index contributed by atoms with van der Waals surface area (Å²) in [4.78, 5) is 14.9. The van der Waals surface area contributed by atoms with E-state index in [1.807, 2.05) is 29.2 Å². The Kier molecular flexibility index (Phi) is 3.70. The van der Waals surface area contributed by atoms with E-state index >= 15 is 0 Å². The van der Waals surface area contributed by atoms with Gasteiger partial charge in [0.05, 0.1) is 11.9 Å². The summed E-state index contributed by atoms with van der Waals surface area (Å²) in [5, 5.41) is 13.1. The zero-order valence-corrected chi connectivity index (χ0v) is 14.3. The molecule has 4 rings (SSSR count). The molecule has 26 heavy (non-hydrogen) atoms. The van der Waals surface area contributed by atoms with Gasteiger partial charge in [-0.1, -0.05) is 18.2 Å². The standard InChI is InChI=1S/C20H17N5O/c1-13-10-15-4-2-3-5-18(15)24(13)20(26)14-6-8-17(9-7-14)25-19(22)16(11-21)12-23-25/h2-9,12-13H,10,22H2,1H3/t13-/m1/s1. The summed E-state index contributed by atoms with van der Waals surface area (Å²) in [6, 6.07) is 17.2. The van der Waals surface area contributed by atoms with Crippen molar-refractivity contribution < 1.29 is 4.79 Å². The summed E-state index contributed by atoms with van der Waals surface area (Å²) in [6.07, 6.45) is 2.29. The number of nitrogens with zero attached hydrogens (tertiary/aromatic N) is 4. The van der Waals surface area contributed by atoms with Crippen LogP contribution in [-0.2, 0) is 6.42 Å². The van der Waals surface area contributed by atoms with E-state index in [-0.39, 0.29) is 17.8 Å². The van der Waals surface area contributed by atoms with Gasteiger partial charge in [-0.2, -0.15) is 10.4 Å². The van der Waals surface area contributed by atoms with E-state index in [0.717, 1.165) is 12.1 Å². The summed E-state index contributed by atoms with van der Waals surface area (Å²) in [5.41, 5.74) is 9.72. The van der Waals surface area contributed by atoms with Crippen molar-refractivity contribution >= 4 is 17.4 Å². The van der Waals surface area contributed by atoms with Gasteiger partial charge < -0.3 is 10.6 Å². The Balaban J connectivity index is 1.64. The van der Waals surface area contributed by atoms with Gasteiger partial charge in [0.15, 0.2) is 0 Å². The van der Waals surface area contributed by atoms with Gasteiger partial charge in [-0.15, -0.1) is 0 Å². The van der Waals surface area contributed by atoms with E-state index < -0.39 is 0 Å². The first-order chi connectivity index (χ1) is 12.6. The van der Waals surface area contributed by atoms with Crippen molar-refractivity contribution in [3.63, 3.8) is 0 Å². The van der Waals surface area contributed by atoms with Crippen LogP contribution >= 0.6 is 0 Å². The molecule has 0 saturated carbocycles. The molecule has 2 N–H and O–H groups in total. The lowest BCUT2D eigenvalue weighted by Gasteiger charge is -2.23. The first-order valence-electron chi connectivity index (χ1n) is 8.35. The van der Waals surface area contributed by atoms with Crippen LogP contribution in [0.25, 0.3) is 5.69 Å². The lowest BCUT2D eigenvalue weighted by atomic mass is 10.1. The Morgan fingerprint density at radius 3 is 2.65 bits per heavy atom. The second-order valence-electron chi connectivity index (χ2n) is 6.37. The molecule has 1 aliphatic rings. The predicted octanol–water partition coefficient (Wildman–Crippen LogP) is 2.92. The number of carbonyl (C=O) groups is 1. The third-order valence-corrected chi connectivity index (χ3v) is 4.71. The fourth-order valence-electron chi connectivity index (χ4n) is 3.41. The molecule has 0 spiro atoms. The zero-order valence-electron chi connectivity index (χ0n) is 14.3. The van der Waals surface area contributed by atoms with E-state index in [4.69, 9.17) is 11.0 Å². The van der Waals surface area contributed by atoms with Crippen LogP contribution in [0.1, 0.15) is 28.4 Å². The highest BCUT2D eigenvalue weighted by molar-refractivity contribution is 6.07. The minimum Gasteiger partial charge on any atom is -0.382 e. The van der Waals surface area contributed by atoms with Crippen LogP contribution in [0, 0.1) is 11.3 Å². The smallest absolute Gasteiger partial charge is 0.258 e. The number of carbonyl (C=O) groups excluding carboxylic acids is 1. The maximum absolute atomic E-state index is 13.0. The number of benzene rings is 2. The van der Waals surface area contributed by atoms with Crippen LogP contribution in [0.15, 0.2) is 54.7 Å². The zero-order chi connectivity index (χ0) is 18.3. The summed E-state index contributed by atoms with van der Waals surface area (Å²) >= 11 is 0. The number of nitriles is 1. The molecule has 2 heterocycles. The number of hydrogen-bond acceptors (Lipinski definition) is 4. The quantitative estimate of drug-likeness (QED) is 0.775. The molecule has 0 aliphatic carbocycles. The summed E-state index contributed by atoms with van der Waals surface area (Å²) < 4.78 is 1.49. The molecule has 0 radical (unpaired) electrons. The summed E-state index contributed by atoms with van der Waals surface area (Å²) in [6.45, 7) is 2.06. The van der Waals surface area contributed by atoms with Crippen LogP contribution < -0.4 is 10.6 Å². The molecule has 3 aromatic rings. The van der Waals surface area contributed by atoms with Crippen molar-refractivity contribution in [3.05, 3.63) is 71.4 Å². The molecule has 1 amide bonds. The SMILES string of the molecule is C[C@@H]1Cc2ccccc2N1C(=O)c1ccc(-n2ncc(C#N)c2N)cc1. The van der Waals surface area contributed by atoms with Crippen LogP contribution in [0.5, 0.6) is 0 Å². The maximum atomic E-state index is 13.0. The van der Waals surface area contributed by atoms with E-state index in [9.17, 15) is 4.79 Å². The van der Waals surface area contributed by atoms with Crippen LogP contribution in [0.4, 0.5) is 11.5 Å². The van der Waals surface area contributed by atoms with E-state index in [1.54, 1.807) is 24.3 Å². The molecular weight excluding hydrogens is 326 g/mol. The minimum absolute atomic E-state index is 0.0276. The highest BCUT2D eigenvalue weighted by atomic mass is 16.2. The molecule has 6 heteroatoms. The number of aromatic nitrogens is 2. The van der Waals surface area contributed by atoms with Gasteiger partial charge in [-0.25, -0.2) is 4.68 Å². The number of amides is 1. The molecule has 0 bridgehead atoms. The van der Waals surface area contributed by atoms with E-state index in [2.05, 4.69) is 18.1 Å². The Hall–Kier alpha value is -3.59. The van der Waals surface area contributed by atoms with Crippen molar-refractivity contribution in [3.8, 4) is 11.8 Å². The van der Waals surface area contributed by atoms with Crippen molar-refractivity contribution in [2.24, 2.45) is 0 Å². The number of nitrogen functional groups attached to an aromatic ring is 1. The highest BCUT2D eigenvalue weighted by Gasteiger charge is 2.31. The topological polar surface area (TPSA) is 87.9 Å². The van der Waals surface area contributed by atoms with E-state index in [1.165, 1.54) is 16.4 Å². The Bertz CT molecular complexity index is 1030. The van der Waals surface area contributed by atoms with E-state index in [0.29, 0.717) is 16.8 Å². The molecule has 6 nitrogen and oxygen atoms in total. The first kappa shape index (κ1) is 15.9. The van der Waals surface area contributed by atoms with Gasteiger partial charge >= 0.3 is 0 Å². The highest BCUT2D eigenvalue weighted by Crippen LogP contribution is 2.33. The number of anilines is 2. The fraction of sp³-hybridized carbons (Fsp3) is 0.150. The molecule has 2 aromatic carbocycles. The van der Waals surface area contributed by atoms with Gasteiger partial charge in [0.2, 0.25) is 0 Å². The Labute approximate surface area is 151 Å². The third kappa shape index (κ3) is 2.42. The number of nitrogens with two attached hydrogens (primary N) is 1. The first-order valence-corrected chi connectivity index (χ1v) is 8.35. The second-order valence-corrected chi connectivity index (χ2v) is 6.37. The van der Waals surface area contributed by atoms with Crippen LogP contribution in [0.2, 0.25) is 0 Å². The monoisotopic (exact) mass is 343 g/mol. The normalized spacial score (nSPS) is 15.5. The van der Waals surface area contributed by atoms with Crippen molar-refractivity contribution in [1.82, 2.24) is 9.78 Å². The molecule has 0 unspecified atom stereocenters. The summed E-state index contributed by atoms with van der Waals surface area (Å²) in [5.74, 6) is 0.258. The summed E-state index contributed by atoms with van der Waals surface area (Å²) in [7, 11) is 0. The molecular formula is C20H17N5O. The van der Waals surface area contributed by atoms with Crippen molar-refractivity contribution in [1.29, 1.82) is 5.26 Å². The van der Waals surface area contributed by atoms with Gasteiger partial charge in [0, 0.05) is 17.3 Å². The number of para-hydroxylation sites is 1. The van der Waals surface area contributed by atoms with Crippen molar-refractivity contribution in [2.45, 2.75) is 19.4 Å². The van der Waals surface area contributed by atoms with Crippen molar-refractivity contribution in [2.75, 3.05) is 10.6 Å². The molecule has 0 saturated heterocycles. The second kappa shape index (κ2) is 6.05. The predicted molar refractivity (Wildman–Crippen MR) is 99.1 cm³/mol. The molecule has 0 fully saturated rings. The number of rotatable bonds is 2. The van der Waals surface area contributed by atoms with Gasteiger partial charge in [0.25, 0.3) is 5.91 Å². The number of hydrogen-bond donors (Lipinski definition) is 1. The lowest BCUT2D eigenvalue weighted by Crippen LogP contribution is -2.35. The molecule has 1 aliphatic heterocycles. The lowest BCUT2D eigenvalue weighted by molar-refractivity contribution is 0.0981. The maximum Gasteiger partial charge on any atom is 0.258 e. The largest absolute Gasteiger partial charge is 0.382 e. The van der Waals surface area contributed by atoms with Gasteiger partial charge in [-0.3, -0.25) is 4.79 Å². The van der Waals surface area contributed by atoms with Gasteiger partial charge in [0.1, 0.15) is 17.5 Å². The Morgan fingerprint density at radius 2 is 1.96 bits per heavy atom. The van der Waals surface area contributed by atoms with Gasteiger partial charge in [-0.05, 0) is 49.2 Å². The molecule has 1 atom stereocenters. The fourth-order valence-corrected chi connectivity index (χ4v) is 3.41. The average molecular weight is 343 g/mol. The molecule has 128 valence electrons. The average Bonchev–Trinajstić information content (AvgIpc) is 3.20. The number of fused-ring (bicyclic) bond motifs is 1. The van der Waals surface area contributed by atoms with Crippen LogP contribution in [0.3, 0.4) is 0 Å². The Morgan fingerprint density at radius 1 is 1.23 bits per heavy atom. The minimum atomic E-state index is -0.0276.